The Kier molecular flexibility index (Phi) is 5.21. The fourth-order valence-corrected chi connectivity index (χ4v) is 5.59. The first-order valence-corrected chi connectivity index (χ1v) is 11.1. The van der Waals surface area contributed by atoms with Gasteiger partial charge in [-0.2, -0.15) is 4.31 Å². The summed E-state index contributed by atoms with van der Waals surface area (Å²) in [4.78, 5) is 2.70. The molecular formula is C21H26N2O3S. The maximum atomic E-state index is 13.6. The number of hydrogen-bond donors (Lipinski definition) is 0. The number of nitrogens with zero attached hydrogens (tertiary/aromatic N) is 2. The maximum Gasteiger partial charge on any atom is 0.247 e. The highest BCUT2D eigenvalue weighted by atomic mass is 32.2. The van der Waals surface area contributed by atoms with Crippen molar-refractivity contribution in [1.29, 1.82) is 0 Å². The molecule has 2 aliphatic rings. The van der Waals surface area contributed by atoms with E-state index in [2.05, 4.69) is 4.90 Å². The highest BCUT2D eigenvalue weighted by Gasteiger charge is 2.41. The Morgan fingerprint density at radius 3 is 2.41 bits per heavy atom. The predicted octanol–water partition coefficient (Wildman–Crippen LogP) is 3.30. The van der Waals surface area contributed by atoms with Crippen LogP contribution in [0.25, 0.3) is 0 Å². The lowest BCUT2D eigenvalue weighted by atomic mass is 10.0. The molecule has 144 valence electrons. The standard InChI is InChI=1S/C21H26N2O3S/c1-2-26-20-10-6-7-11-21(20)27(24,25)23-15-14-22(18-12-13-18)16-19(23)17-8-4-3-5-9-17/h3-11,18-19H,2,12-16H2,1H3. The molecule has 1 aliphatic carbocycles. The fraction of sp³-hybridized carbons (Fsp3) is 0.429. The van der Waals surface area contributed by atoms with Gasteiger partial charge in [-0.15, -0.1) is 0 Å². The Bertz CT molecular complexity index is 881. The zero-order valence-corrected chi connectivity index (χ0v) is 16.4. The third-order valence-corrected chi connectivity index (χ3v) is 7.29. The lowest BCUT2D eigenvalue weighted by Crippen LogP contribution is -2.51. The van der Waals surface area contributed by atoms with Crippen LogP contribution in [0.5, 0.6) is 5.75 Å². The number of para-hydroxylation sites is 1. The van der Waals surface area contributed by atoms with E-state index in [1.807, 2.05) is 43.3 Å². The number of piperazine rings is 1. The summed E-state index contributed by atoms with van der Waals surface area (Å²) in [5, 5.41) is 0. The van der Waals surface area contributed by atoms with Crippen LogP contribution in [-0.2, 0) is 10.0 Å². The normalized spacial score (nSPS) is 21.9. The van der Waals surface area contributed by atoms with Gasteiger partial charge in [0.2, 0.25) is 10.0 Å². The largest absolute Gasteiger partial charge is 0.492 e. The van der Waals surface area contributed by atoms with Crippen molar-refractivity contribution in [2.75, 3.05) is 26.2 Å². The number of hydrogen-bond acceptors (Lipinski definition) is 4. The molecule has 1 aliphatic heterocycles. The Morgan fingerprint density at radius 2 is 1.70 bits per heavy atom. The van der Waals surface area contributed by atoms with Crippen molar-refractivity contribution in [1.82, 2.24) is 9.21 Å². The average molecular weight is 387 g/mol. The van der Waals surface area contributed by atoms with Crippen LogP contribution in [0.3, 0.4) is 0 Å². The smallest absolute Gasteiger partial charge is 0.247 e. The molecule has 1 atom stereocenters. The molecule has 1 unspecified atom stereocenters. The van der Waals surface area contributed by atoms with Gasteiger partial charge in [-0.05, 0) is 37.5 Å². The Labute approximate surface area is 161 Å². The van der Waals surface area contributed by atoms with Gasteiger partial charge in [0, 0.05) is 25.7 Å². The predicted molar refractivity (Wildman–Crippen MR) is 105 cm³/mol. The van der Waals surface area contributed by atoms with Gasteiger partial charge < -0.3 is 4.74 Å². The molecule has 1 saturated carbocycles. The van der Waals surface area contributed by atoms with Crippen LogP contribution >= 0.6 is 0 Å². The van der Waals surface area contributed by atoms with Crippen LogP contribution in [0.2, 0.25) is 0 Å². The summed E-state index contributed by atoms with van der Waals surface area (Å²) in [6.45, 7) is 4.32. The van der Waals surface area contributed by atoms with Crippen molar-refractivity contribution in [3.63, 3.8) is 0 Å². The minimum Gasteiger partial charge on any atom is -0.492 e. The third-order valence-electron chi connectivity index (χ3n) is 5.35. The van der Waals surface area contributed by atoms with Crippen LogP contribution < -0.4 is 4.74 Å². The Morgan fingerprint density at radius 1 is 1.00 bits per heavy atom. The topological polar surface area (TPSA) is 49.9 Å². The molecule has 0 amide bonds. The van der Waals surface area contributed by atoms with Crippen molar-refractivity contribution in [3.05, 3.63) is 60.2 Å². The van der Waals surface area contributed by atoms with E-state index in [1.54, 1.807) is 22.5 Å². The van der Waals surface area contributed by atoms with Crippen LogP contribution in [0.4, 0.5) is 0 Å². The highest BCUT2D eigenvalue weighted by Crippen LogP contribution is 2.37. The van der Waals surface area contributed by atoms with Crippen LogP contribution in [0.15, 0.2) is 59.5 Å². The summed E-state index contributed by atoms with van der Waals surface area (Å²) in [6.07, 6.45) is 2.45. The van der Waals surface area contributed by atoms with Crippen molar-refractivity contribution in [2.45, 2.75) is 36.7 Å². The molecule has 2 aromatic rings. The molecule has 6 heteroatoms. The van der Waals surface area contributed by atoms with Crippen LogP contribution in [0, 0.1) is 0 Å². The minimum absolute atomic E-state index is 0.180. The number of rotatable bonds is 6. The maximum absolute atomic E-state index is 13.6. The fourth-order valence-electron chi connectivity index (χ4n) is 3.86. The average Bonchev–Trinajstić information content (AvgIpc) is 3.54. The highest BCUT2D eigenvalue weighted by molar-refractivity contribution is 7.89. The molecule has 27 heavy (non-hydrogen) atoms. The van der Waals surface area contributed by atoms with Crippen LogP contribution in [-0.4, -0.2) is 49.9 Å². The molecular weight excluding hydrogens is 360 g/mol. The van der Waals surface area contributed by atoms with E-state index in [-0.39, 0.29) is 10.9 Å². The second kappa shape index (κ2) is 7.62. The van der Waals surface area contributed by atoms with Crippen molar-refractivity contribution in [3.8, 4) is 5.75 Å². The van der Waals surface area contributed by atoms with Gasteiger partial charge in [0.25, 0.3) is 0 Å². The number of ether oxygens (including phenoxy) is 1. The van der Waals surface area contributed by atoms with E-state index in [9.17, 15) is 8.42 Å². The zero-order chi connectivity index (χ0) is 18.9. The molecule has 0 radical (unpaired) electrons. The first kappa shape index (κ1) is 18.5. The summed E-state index contributed by atoms with van der Waals surface area (Å²) in [6, 6.07) is 17.4. The summed E-state index contributed by atoms with van der Waals surface area (Å²) in [5.74, 6) is 0.427. The van der Waals surface area contributed by atoms with Crippen molar-refractivity contribution >= 4 is 10.0 Å². The summed E-state index contributed by atoms with van der Waals surface area (Å²) < 4.78 is 34.4. The van der Waals surface area contributed by atoms with Gasteiger partial charge in [0.1, 0.15) is 10.6 Å². The third kappa shape index (κ3) is 3.74. The van der Waals surface area contributed by atoms with Gasteiger partial charge >= 0.3 is 0 Å². The summed E-state index contributed by atoms with van der Waals surface area (Å²) in [7, 11) is -3.66. The zero-order valence-electron chi connectivity index (χ0n) is 15.6. The quantitative estimate of drug-likeness (QED) is 0.764. The molecule has 1 saturated heterocycles. The lowest BCUT2D eigenvalue weighted by molar-refractivity contribution is 0.128. The Balaban J connectivity index is 1.71. The molecule has 0 bridgehead atoms. The van der Waals surface area contributed by atoms with Crippen LogP contribution in [0.1, 0.15) is 31.4 Å². The van der Waals surface area contributed by atoms with Crippen molar-refractivity contribution in [2.24, 2.45) is 0 Å². The van der Waals surface area contributed by atoms with E-state index in [0.717, 1.165) is 18.7 Å². The second-order valence-electron chi connectivity index (χ2n) is 7.15. The molecule has 0 spiro atoms. The summed E-state index contributed by atoms with van der Waals surface area (Å²) >= 11 is 0. The molecule has 5 nitrogen and oxygen atoms in total. The SMILES string of the molecule is CCOc1ccccc1S(=O)(=O)N1CCN(C2CC2)CC1c1ccccc1. The van der Waals surface area contributed by atoms with Gasteiger partial charge in [-0.3, -0.25) is 4.90 Å². The first-order valence-electron chi connectivity index (χ1n) is 9.64. The molecule has 4 rings (SSSR count). The van der Waals surface area contributed by atoms with Gasteiger partial charge in [-0.25, -0.2) is 8.42 Å². The van der Waals surface area contributed by atoms with E-state index >= 15 is 0 Å². The van der Waals surface area contributed by atoms with Crippen molar-refractivity contribution < 1.29 is 13.2 Å². The van der Waals surface area contributed by atoms with E-state index in [4.69, 9.17) is 4.74 Å². The van der Waals surface area contributed by atoms with E-state index < -0.39 is 10.0 Å². The number of benzene rings is 2. The second-order valence-corrected chi connectivity index (χ2v) is 9.01. The minimum atomic E-state index is -3.66. The van der Waals surface area contributed by atoms with Gasteiger partial charge in [0.15, 0.2) is 0 Å². The number of sulfonamides is 1. The molecule has 2 fully saturated rings. The molecule has 1 heterocycles. The molecule has 2 aromatic carbocycles. The van der Waals surface area contributed by atoms with E-state index in [1.165, 1.54) is 12.8 Å². The Hall–Kier alpha value is -1.89. The van der Waals surface area contributed by atoms with E-state index in [0.29, 0.717) is 24.9 Å². The summed E-state index contributed by atoms with van der Waals surface area (Å²) in [5.41, 5.74) is 1.04. The molecule has 0 N–H and O–H groups in total. The van der Waals surface area contributed by atoms with Gasteiger partial charge in [-0.1, -0.05) is 42.5 Å². The first-order chi connectivity index (χ1) is 13.1. The van der Waals surface area contributed by atoms with Gasteiger partial charge in [0.05, 0.1) is 12.6 Å². The monoisotopic (exact) mass is 386 g/mol. The molecule has 0 aromatic heterocycles. The lowest BCUT2D eigenvalue weighted by Gasteiger charge is -2.41.